The molecule has 2 rings (SSSR count). The van der Waals surface area contributed by atoms with Gasteiger partial charge in [-0.3, -0.25) is 4.79 Å². The number of rotatable bonds is 11. The Labute approximate surface area is 195 Å². The fraction of sp³-hybridized carbons (Fsp3) is 0.217. The number of ether oxygens (including phenoxy) is 3. The highest BCUT2D eigenvalue weighted by Gasteiger charge is 2.25. The summed E-state index contributed by atoms with van der Waals surface area (Å²) in [7, 11) is 1.26. The molecule has 1 N–H and O–H groups in total. The molecular weight excluding hydrogens is 486 g/mol. The van der Waals surface area contributed by atoms with Gasteiger partial charge >= 0.3 is 5.97 Å². The predicted molar refractivity (Wildman–Crippen MR) is 124 cm³/mol. The molecule has 0 unspecified atom stereocenters. The van der Waals surface area contributed by atoms with Gasteiger partial charge < -0.3 is 19.5 Å². The van der Waals surface area contributed by atoms with E-state index < -0.39 is 17.9 Å². The average molecular weight is 509 g/mol. The van der Waals surface area contributed by atoms with Gasteiger partial charge in [-0.15, -0.1) is 0 Å². The molecule has 0 fully saturated rings. The van der Waals surface area contributed by atoms with Crippen LogP contribution in [0.3, 0.4) is 0 Å². The number of carbonyl (C=O) groups is 2. The third kappa shape index (κ3) is 7.15. The van der Waals surface area contributed by atoms with Crippen LogP contribution in [0.5, 0.6) is 11.5 Å². The van der Waals surface area contributed by atoms with Crippen LogP contribution in [0, 0.1) is 0 Å². The van der Waals surface area contributed by atoms with E-state index in [0.29, 0.717) is 27.6 Å². The minimum absolute atomic E-state index is 0.177. The first-order valence-corrected chi connectivity index (χ1v) is 10.5. The summed E-state index contributed by atoms with van der Waals surface area (Å²) in [6.45, 7) is 7.76. The van der Waals surface area contributed by atoms with Crippen LogP contribution in [-0.4, -0.2) is 38.2 Å². The first kappa shape index (κ1) is 24.5. The summed E-state index contributed by atoms with van der Waals surface area (Å²) in [5, 5.41) is 3.11. The zero-order chi connectivity index (χ0) is 22.8. The van der Waals surface area contributed by atoms with E-state index in [9.17, 15) is 9.59 Å². The predicted octanol–water partition coefficient (Wildman–Crippen LogP) is 4.75. The number of carbonyl (C=O) groups excluding carboxylic acids is 2. The highest BCUT2D eigenvalue weighted by molar-refractivity contribution is 9.10. The summed E-state index contributed by atoms with van der Waals surface area (Å²) in [5.41, 5.74) is 1.00. The Morgan fingerprint density at radius 1 is 1.10 bits per heavy atom. The lowest BCUT2D eigenvalue weighted by atomic mass is 10.0. The second kappa shape index (κ2) is 12.2. The molecule has 8 heteroatoms. The summed E-state index contributed by atoms with van der Waals surface area (Å²) < 4.78 is 16.6. The minimum atomic E-state index is -0.931. The van der Waals surface area contributed by atoms with Gasteiger partial charge in [0, 0.05) is 10.9 Å². The molecule has 0 saturated heterocycles. The van der Waals surface area contributed by atoms with Crippen molar-refractivity contribution in [2.45, 2.75) is 12.5 Å². The number of methoxy groups -OCH3 is 1. The third-order valence-corrected chi connectivity index (χ3v) is 4.92. The number of esters is 1. The van der Waals surface area contributed by atoms with Gasteiger partial charge in [0.05, 0.1) is 17.7 Å². The van der Waals surface area contributed by atoms with Crippen LogP contribution in [0.4, 0.5) is 0 Å². The van der Waals surface area contributed by atoms with Gasteiger partial charge in [-0.2, -0.15) is 0 Å². The van der Waals surface area contributed by atoms with Crippen molar-refractivity contribution < 1.29 is 23.8 Å². The molecule has 0 bridgehead atoms. The summed E-state index contributed by atoms with van der Waals surface area (Å²) in [4.78, 5) is 25.3. The molecule has 2 aromatic rings. The molecule has 6 nitrogen and oxygen atoms in total. The standard InChI is InChI=1S/C23H23BrClNO5/c1-4-10-30-20-9-7-16(24)14-17(20)22(27)26-19(23(28)29-3)13-15-6-8-21(18(25)12-15)31-11-5-2/h4-9,12,14,19H,1-2,10-11,13H2,3H3,(H,26,27)/t19-/m0/s1. The number of benzene rings is 2. The highest BCUT2D eigenvalue weighted by Crippen LogP contribution is 2.27. The van der Waals surface area contributed by atoms with Crippen LogP contribution in [0.1, 0.15) is 15.9 Å². The SMILES string of the molecule is C=CCOc1ccc(C[C@H](NC(=O)c2cc(Br)ccc2OCC=C)C(=O)OC)cc1Cl. The van der Waals surface area contributed by atoms with Gasteiger partial charge in [0.1, 0.15) is 30.8 Å². The monoisotopic (exact) mass is 507 g/mol. The van der Waals surface area contributed by atoms with E-state index in [0.717, 1.165) is 5.56 Å². The summed E-state index contributed by atoms with van der Waals surface area (Å²) in [5.74, 6) is -0.189. The van der Waals surface area contributed by atoms with Crippen molar-refractivity contribution in [1.82, 2.24) is 5.32 Å². The minimum Gasteiger partial charge on any atom is -0.489 e. The normalized spacial score (nSPS) is 11.2. The molecule has 2 aromatic carbocycles. The van der Waals surface area contributed by atoms with E-state index >= 15 is 0 Å². The van der Waals surface area contributed by atoms with Gasteiger partial charge in [-0.05, 0) is 35.9 Å². The molecule has 1 amide bonds. The van der Waals surface area contributed by atoms with Crippen molar-refractivity contribution >= 4 is 39.4 Å². The van der Waals surface area contributed by atoms with Gasteiger partial charge in [0.2, 0.25) is 0 Å². The lowest BCUT2D eigenvalue weighted by Crippen LogP contribution is -2.43. The van der Waals surface area contributed by atoms with Crippen LogP contribution in [-0.2, 0) is 16.0 Å². The molecule has 0 spiro atoms. The van der Waals surface area contributed by atoms with E-state index in [4.69, 9.17) is 25.8 Å². The van der Waals surface area contributed by atoms with Crippen molar-refractivity contribution in [3.8, 4) is 11.5 Å². The molecular formula is C23H23BrClNO5. The number of amides is 1. The Morgan fingerprint density at radius 2 is 1.74 bits per heavy atom. The Morgan fingerprint density at radius 3 is 2.35 bits per heavy atom. The van der Waals surface area contributed by atoms with E-state index in [1.54, 1.807) is 48.6 Å². The maximum absolute atomic E-state index is 12.9. The lowest BCUT2D eigenvalue weighted by molar-refractivity contribution is -0.142. The molecule has 0 aliphatic carbocycles. The molecule has 1 atom stereocenters. The largest absolute Gasteiger partial charge is 0.489 e. The van der Waals surface area contributed by atoms with Gasteiger partial charge in [-0.25, -0.2) is 4.79 Å². The average Bonchev–Trinajstić information content (AvgIpc) is 2.76. The number of halogens is 2. The first-order chi connectivity index (χ1) is 14.9. The van der Waals surface area contributed by atoms with Crippen molar-refractivity contribution in [3.05, 3.63) is 82.3 Å². The third-order valence-electron chi connectivity index (χ3n) is 4.13. The molecule has 0 saturated carbocycles. The lowest BCUT2D eigenvalue weighted by Gasteiger charge is -2.18. The fourth-order valence-corrected chi connectivity index (χ4v) is 3.32. The summed E-state index contributed by atoms with van der Waals surface area (Å²) in [6.07, 6.45) is 3.37. The molecule has 0 heterocycles. The Kier molecular flexibility index (Phi) is 9.62. The molecule has 0 aromatic heterocycles. The van der Waals surface area contributed by atoms with Crippen molar-refractivity contribution in [2.24, 2.45) is 0 Å². The number of hydrogen-bond acceptors (Lipinski definition) is 5. The first-order valence-electron chi connectivity index (χ1n) is 9.33. The number of hydrogen-bond donors (Lipinski definition) is 1. The molecule has 0 aliphatic heterocycles. The smallest absolute Gasteiger partial charge is 0.328 e. The molecule has 0 aliphatic rings. The van der Waals surface area contributed by atoms with Crippen LogP contribution in [0.15, 0.2) is 66.2 Å². The van der Waals surface area contributed by atoms with E-state index in [1.165, 1.54) is 7.11 Å². The van der Waals surface area contributed by atoms with Gasteiger partial charge in [0.25, 0.3) is 5.91 Å². The van der Waals surface area contributed by atoms with E-state index in [2.05, 4.69) is 34.4 Å². The second-order valence-electron chi connectivity index (χ2n) is 6.36. The van der Waals surface area contributed by atoms with Crippen LogP contribution in [0.25, 0.3) is 0 Å². The highest BCUT2D eigenvalue weighted by atomic mass is 79.9. The van der Waals surface area contributed by atoms with Crippen molar-refractivity contribution in [1.29, 1.82) is 0 Å². The van der Waals surface area contributed by atoms with Crippen LogP contribution >= 0.6 is 27.5 Å². The van der Waals surface area contributed by atoms with Gasteiger partial charge in [-0.1, -0.05) is 58.9 Å². The second-order valence-corrected chi connectivity index (χ2v) is 7.68. The Bertz CT molecular complexity index is 963. The molecule has 164 valence electrons. The quantitative estimate of drug-likeness (QED) is 0.350. The zero-order valence-corrected chi connectivity index (χ0v) is 19.4. The van der Waals surface area contributed by atoms with Gasteiger partial charge in [0.15, 0.2) is 0 Å². The number of nitrogens with one attached hydrogen (secondary N) is 1. The Hall–Kier alpha value is -2.77. The molecule has 0 radical (unpaired) electrons. The summed E-state index contributed by atoms with van der Waals surface area (Å²) >= 11 is 9.61. The molecule has 31 heavy (non-hydrogen) atoms. The van der Waals surface area contributed by atoms with E-state index in [-0.39, 0.29) is 18.6 Å². The maximum Gasteiger partial charge on any atom is 0.328 e. The zero-order valence-electron chi connectivity index (χ0n) is 17.0. The van der Waals surface area contributed by atoms with Crippen LogP contribution in [0.2, 0.25) is 5.02 Å². The fourth-order valence-electron chi connectivity index (χ4n) is 2.70. The van der Waals surface area contributed by atoms with E-state index in [1.807, 2.05) is 0 Å². The topological polar surface area (TPSA) is 73.9 Å². The van der Waals surface area contributed by atoms with Crippen LogP contribution < -0.4 is 14.8 Å². The van der Waals surface area contributed by atoms with Crippen molar-refractivity contribution in [3.63, 3.8) is 0 Å². The maximum atomic E-state index is 12.9. The van der Waals surface area contributed by atoms with Crippen molar-refractivity contribution in [2.75, 3.05) is 20.3 Å². The Balaban J connectivity index is 2.22. The summed E-state index contributed by atoms with van der Waals surface area (Å²) in [6, 6.07) is 9.25.